The molecule has 1 fully saturated rings. The number of carbonyl (C=O) groups excluding carboxylic acids is 3. The van der Waals surface area contributed by atoms with Crippen molar-refractivity contribution in [2.24, 2.45) is 11.8 Å². The minimum Gasteiger partial charge on any atom is -0.342 e. The summed E-state index contributed by atoms with van der Waals surface area (Å²) in [6.45, 7) is 4.17. The number of hydrogen-bond acceptors (Lipinski definition) is 4. The maximum Gasteiger partial charge on any atom is 0.250 e. The second kappa shape index (κ2) is 12.1. The summed E-state index contributed by atoms with van der Waals surface area (Å²) in [4.78, 5) is 49.4. The van der Waals surface area contributed by atoms with E-state index in [0.29, 0.717) is 24.6 Å². The average Bonchev–Trinajstić information content (AvgIpc) is 3.37. The van der Waals surface area contributed by atoms with Crippen molar-refractivity contribution >= 4 is 32.3 Å². The van der Waals surface area contributed by atoms with Crippen LogP contribution in [-0.2, 0) is 33.8 Å². The molecule has 9 heteroatoms. The first-order valence-electron chi connectivity index (χ1n) is 14.0. The third kappa shape index (κ3) is 6.03. The molecule has 2 aromatic carbocycles. The van der Waals surface area contributed by atoms with Crippen LogP contribution in [-0.4, -0.2) is 51.6 Å². The lowest BCUT2D eigenvalue weighted by molar-refractivity contribution is -0.160. The molecule has 2 heterocycles. The fourth-order valence-corrected chi connectivity index (χ4v) is 6.33. The first-order chi connectivity index (χ1) is 19.6. The van der Waals surface area contributed by atoms with E-state index in [1.54, 1.807) is 43.7 Å². The number of likely N-dealkylation sites (N-methyl/N-ethyl adjacent to an activating group) is 1. The molecular weight excluding hydrogens is 538 g/mol. The molecule has 214 valence electrons. The minimum absolute atomic E-state index is 0.0536. The van der Waals surface area contributed by atoms with Crippen LogP contribution in [0.5, 0.6) is 0 Å². The molecule has 1 unspecified atom stereocenters. The van der Waals surface area contributed by atoms with E-state index in [1.807, 2.05) is 38.1 Å². The number of carbonyl (C=O) groups is 3. The number of nitrogens with one attached hydrogen (secondary N) is 1. The molecule has 1 saturated heterocycles. The van der Waals surface area contributed by atoms with Crippen molar-refractivity contribution in [2.75, 3.05) is 7.05 Å². The maximum atomic E-state index is 15.7. The van der Waals surface area contributed by atoms with Gasteiger partial charge in [-0.05, 0) is 71.3 Å². The Morgan fingerprint density at radius 3 is 2.37 bits per heavy atom. The van der Waals surface area contributed by atoms with E-state index >= 15 is 4.39 Å². The average molecular weight is 575 g/mol. The molecule has 2 aliphatic rings. The molecule has 4 atom stereocenters. The third-order valence-electron chi connectivity index (χ3n) is 8.08. The lowest BCUT2D eigenvalue weighted by atomic mass is 9.87. The van der Waals surface area contributed by atoms with Gasteiger partial charge in [0.2, 0.25) is 17.7 Å². The molecule has 0 bridgehead atoms. The second-order valence-electron chi connectivity index (χ2n) is 11.5. The smallest absolute Gasteiger partial charge is 0.250 e. The zero-order valence-corrected chi connectivity index (χ0v) is 24.7. The van der Waals surface area contributed by atoms with E-state index in [4.69, 9.17) is 0 Å². The molecule has 0 saturated carbocycles. The van der Waals surface area contributed by atoms with Crippen molar-refractivity contribution in [1.29, 1.82) is 0 Å². The Labute approximate surface area is 242 Å². The number of hydrogen-bond donors (Lipinski definition) is 1. The number of aromatic nitrogens is 1. The van der Waals surface area contributed by atoms with Gasteiger partial charge in [-0.2, -0.15) is 0 Å². The van der Waals surface area contributed by atoms with Gasteiger partial charge in [0.25, 0.3) is 0 Å². The first-order valence-corrected chi connectivity index (χ1v) is 14.6. The Morgan fingerprint density at radius 1 is 1.10 bits per heavy atom. The number of fused-ring (bicyclic) bond motifs is 1. The zero-order valence-electron chi connectivity index (χ0n) is 23.6. The monoisotopic (exact) mass is 574 g/mol. The van der Waals surface area contributed by atoms with Crippen molar-refractivity contribution in [1.82, 2.24) is 20.1 Å². The van der Waals surface area contributed by atoms with Gasteiger partial charge in [0.05, 0.1) is 0 Å². The highest BCUT2D eigenvalue weighted by Crippen LogP contribution is 2.36. The maximum absolute atomic E-state index is 15.7. The van der Waals surface area contributed by atoms with Gasteiger partial charge in [0.15, 0.2) is 0 Å². The molecule has 3 aromatic rings. The van der Waals surface area contributed by atoms with Crippen molar-refractivity contribution in [3.8, 4) is 0 Å². The Morgan fingerprint density at radius 2 is 1.76 bits per heavy atom. The molecule has 1 aromatic heterocycles. The topological polar surface area (TPSA) is 82.6 Å². The van der Waals surface area contributed by atoms with E-state index in [0.717, 1.165) is 16.7 Å². The van der Waals surface area contributed by atoms with Crippen LogP contribution in [0.15, 0.2) is 67.0 Å². The van der Waals surface area contributed by atoms with Gasteiger partial charge in [0, 0.05) is 31.5 Å². The number of halogens is 1. The number of rotatable bonds is 8. The van der Waals surface area contributed by atoms with Crippen LogP contribution in [0, 0.1) is 17.7 Å². The molecular formula is C32H36FN4O3P. The van der Waals surface area contributed by atoms with Crippen LogP contribution in [0.2, 0.25) is 0 Å². The van der Waals surface area contributed by atoms with Crippen molar-refractivity contribution < 1.29 is 18.8 Å². The van der Waals surface area contributed by atoms with Gasteiger partial charge in [-0.3, -0.25) is 19.4 Å². The summed E-state index contributed by atoms with van der Waals surface area (Å²) in [6, 6.07) is 13.2. The molecule has 0 radical (unpaired) electrons. The first kappa shape index (κ1) is 28.9. The summed E-state index contributed by atoms with van der Waals surface area (Å²) < 4.78 is 15.7. The van der Waals surface area contributed by atoms with Gasteiger partial charge < -0.3 is 15.1 Å². The Bertz CT molecular complexity index is 1420. The molecule has 5 rings (SSSR count). The van der Waals surface area contributed by atoms with Gasteiger partial charge in [-0.25, -0.2) is 4.39 Å². The SMILES string of the molecule is CC(C)C[C@@H]1C(=O)N[C@H](C2Cc3ccccc3C2)C(=O)N1[C@@H](C(=O)N(C)Cc1ccncc1)c1ccc(P)cc1F. The van der Waals surface area contributed by atoms with Gasteiger partial charge in [-0.15, -0.1) is 9.24 Å². The van der Waals surface area contributed by atoms with Gasteiger partial charge >= 0.3 is 0 Å². The quantitative estimate of drug-likeness (QED) is 0.417. The van der Waals surface area contributed by atoms with Crippen LogP contribution in [0.4, 0.5) is 4.39 Å². The normalized spacial score (nSPS) is 19.7. The molecule has 7 nitrogen and oxygen atoms in total. The van der Waals surface area contributed by atoms with Crippen LogP contribution in [0.25, 0.3) is 0 Å². The fourth-order valence-electron chi connectivity index (χ4n) is 6.09. The number of pyridine rings is 1. The van der Waals surface area contributed by atoms with E-state index in [2.05, 4.69) is 19.5 Å². The number of nitrogens with zero attached hydrogens (tertiary/aromatic N) is 3. The molecule has 0 spiro atoms. The molecule has 1 N–H and O–H groups in total. The summed E-state index contributed by atoms with van der Waals surface area (Å²) in [5, 5.41) is 3.62. The fraction of sp³-hybridized carbons (Fsp3) is 0.375. The van der Waals surface area contributed by atoms with Crippen LogP contribution >= 0.6 is 9.24 Å². The molecule has 1 aliphatic carbocycles. The van der Waals surface area contributed by atoms with E-state index in [-0.39, 0.29) is 35.8 Å². The Kier molecular flexibility index (Phi) is 8.50. The minimum atomic E-state index is -1.30. The van der Waals surface area contributed by atoms with E-state index in [9.17, 15) is 14.4 Å². The summed E-state index contributed by atoms with van der Waals surface area (Å²) in [7, 11) is 4.08. The van der Waals surface area contributed by atoms with Crippen LogP contribution in [0.1, 0.15) is 48.6 Å². The Hall–Kier alpha value is -3.64. The Balaban J connectivity index is 1.56. The standard InChI is InChI=1S/C32H36FN4O3P/c1-19(2)14-27-30(38)35-28(23-15-21-6-4-5-7-22(21)16-23)31(39)37(27)29(25-9-8-24(41)17-26(25)33)32(40)36(3)18-20-10-12-34-13-11-20/h4-13,17,19,23,27-29H,14-16,18,41H2,1-3H3,(H,35,38)/t27-,28-,29-/m1/s1. The van der Waals surface area contributed by atoms with E-state index in [1.165, 1.54) is 15.9 Å². The third-order valence-corrected chi connectivity index (χ3v) is 8.44. The number of benzene rings is 2. The highest BCUT2D eigenvalue weighted by Gasteiger charge is 2.50. The van der Waals surface area contributed by atoms with Gasteiger partial charge in [-0.1, -0.05) is 50.2 Å². The number of amides is 3. The summed E-state index contributed by atoms with van der Waals surface area (Å²) in [5.41, 5.74) is 3.23. The zero-order chi connectivity index (χ0) is 29.3. The van der Waals surface area contributed by atoms with Crippen LogP contribution < -0.4 is 10.6 Å². The highest BCUT2D eigenvalue weighted by molar-refractivity contribution is 7.27. The molecule has 1 aliphatic heterocycles. The second-order valence-corrected chi connectivity index (χ2v) is 12.2. The van der Waals surface area contributed by atoms with Crippen molar-refractivity contribution in [2.45, 2.75) is 57.8 Å². The molecule has 3 amide bonds. The predicted molar refractivity (Wildman–Crippen MR) is 159 cm³/mol. The highest BCUT2D eigenvalue weighted by atomic mass is 31.0. The predicted octanol–water partition coefficient (Wildman–Crippen LogP) is 3.58. The van der Waals surface area contributed by atoms with Crippen molar-refractivity contribution in [3.63, 3.8) is 0 Å². The summed E-state index contributed by atoms with van der Waals surface area (Å²) in [6.07, 6.45) is 4.92. The molecule has 41 heavy (non-hydrogen) atoms. The van der Waals surface area contributed by atoms with E-state index < -0.39 is 29.8 Å². The lowest BCUT2D eigenvalue weighted by Crippen LogP contribution is -2.67. The van der Waals surface area contributed by atoms with Crippen LogP contribution in [0.3, 0.4) is 0 Å². The largest absolute Gasteiger partial charge is 0.342 e. The lowest BCUT2D eigenvalue weighted by Gasteiger charge is -2.45. The summed E-state index contributed by atoms with van der Waals surface area (Å²) >= 11 is 0. The summed E-state index contributed by atoms with van der Waals surface area (Å²) in [5.74, 6) is -1.81. The van der Waals surface area contributed by atoms with Crippen molar-refractivity contribution in [3.05, 3.63) is 95.1 Å². The number of piperazine rings is 1. The van der Waals surface area contributed by atoms with Gasteiger partial charge in [0.1, 0.15) is 23.9 Å².